The number of ether oxygens (including phenoxy) is 1. The number of aromatic nitrogens is 2. The van der Waals surface area contributed by atoms with Gasteiger partial charge in [-0.25, -0.2) is 4.79 Å². The number of amides is 1. The molecule has 0 fully saturated rings. The van der Waals surface area contributed by atoms with E-state index in [0.29, 0.717) is 23.5 Å². The van der Waals surface area contributed by atoms with Gasteiger partial charge in [-0.15, -0.1) is 0 Å². The molecule has 3 aromatic rings. The topological polar surface area (TPSA) is 73.2 Å². The van der Waals surface area contributed by atoms with Gasteiger partial charge in [0.2, 0.25) is 0 Å². The second kappa shape index (κ2) is 7.65. The molecule has 1 aromatic heterocycles. The van der Waals surface area contributed by atoms with Gasteiger partial charge in [-0.05, 0) is 36.8 Å². The third-order valence-electron chi connectivity index (χ3n) is 3.97. The first-order valence-corrected chi connectivity index (χ1v) is 8.15. The van der Waals surface area contributed by atoms with Crippen LogP contribution in [0.3, 0.4) is 0 Å². The van der Waals surface area contributed by atoms with Crippen molar-refractivity contribution < 1.29 is 14.3 Å². The van der Waals surface area contributed by atoms with E-state index in [4.69, 9.17) is 0 Å². The number of aryl methyl sites for hydroxylation is 1. The molecule has 0 atom stereocenters. The molecule has 0 saturated carbocycles. The highest BCUT2D eigenvalue weighted by atomic mass is 16.5. The molecule has 1 heterocycles. The number of carbonyl (C=O) groups excluding carboxylic acids is 2. The molecule has 0 unspecified atom stereocenters. The van der Waals surface area contributed by atoms with Crippen molar-refractivity contribution in [3.05, 3.63) is 83.0 Å². The molecule has 0 bridgehead atoms. The number of carbonyl (C=O) groups is 2. The zero-order chi connectivity index (χ0) is 18.5. The number of anilines is 1. The molecule has 0 radical (unpaired) electrons. The van der Waals surface area contributed by atoms with Crippen LogP contribution in [0, 0.1) is 6.92 Å². The summed E-state index contributed by atoms with van der Waals surface area (Å²) in [5, 5.41) is 7.22. The highest BCUT2D eigenvalue weighted by Crippen LogP contribution is 2.13. The van der Waals surface area contributed by atoms with Gasteiger partial charge in [0.1, 0.15) is 0 Å². The Morgan fingerprint density at radius 1 is 1.04 bits per heavy atom. The van der Waals surface area contributed by atoms with E-state index in [-0.39, 0.29) is 5.91 Å². The summed E-state index contributed by atoms with van der Waals surface area (Å²) >= 11 is 0. The Labute approximate surface area is 151 Å². The van der Waals surface area contributed by atoms with E-state index in [0.717, 1.165) is 11.3 Å². The van der Waals surface area contributed by atoms with Crippen molar-refractivity contribution in [2.75, 3.05) is 12.4 Å². The third-order valence-corrected chi connectivity index (χ3v) is 3.97. The number of benzene rings is 2. The first kappa shape index (κ1) is 17.4. The summed E-state index contributed by atoms with van der Waals surface area (Å²) in [7, 11) is 1.32. The van der Waals surface area contributed by atoms with Crippen molar-refractivity contribution in [1.82, 2.24) is 9.78 Å². The monoisotopic (exact) mass is 349 g/mol. The number of rotatable bonds is 5. The Morgan fingerprint density at radius 3 is 2.35 bits per heavy atom. The SMILES string of the molecule is COC(=O)c1ccc(C(=O)Nc2cc(C)n(Cc3ccccc3)n2)cc1. The second-order valence-electron chi connectivity index (χ2n) is 5.84. The molecule has 0 spiro atoms. The lowest BCUT2D eigenvalue weighted by Crippen LogP contribution is -2.13. The zero-order valence-corrected chi connectivity index (χ0v) is 14.6. The molecule has 1 amide bonds. The lowest BCUT2D eigenvalue weighted by Gasteiger charge is -2.05. The number of esters is 1. The molecule has 0 aliphatic heterocycles. The highest BCUT2D eigenvalue weighted by Gasteiger charge is 2.12. The first-order chi connectivity index (χ1) is 12.6. The Hall–Kier alpha value is -3.41. The smallest absolute Gasteiger partial charge is 0.337 e. The van der Waals surface area contributed by atoms with Gasteiger partial charge in [-0.2, -0.15) is 5.10 Å². The van der Waals surface area contributed by atoms with Crippen LogP contribution in [0.4, 0.5) is 5.82 Å². The fourth-order valence-corrected chi connectivity index (χ4v) is 2.55. The molecule has 0 aliphatic carbocycles. The molecule has 1 N–H and O–H groups in total. The quantitative estimate of drug-likeness (QED) is 0.718. The van der Waals surface area contributed by atoms with Crippen molar-refractivity contribution >= 4 is 17.7 Å². The van der Waals surface area contributed by atoms with Crippen LogP contribution in [-0.2, 0) is 11.3 Å². The summed E-state index contributed by atoms with van der Waals surface area (Å²) < 4.78 is 6.48. The Balaban J connectivity index is 1.70. The minimum atomic E-state index is -0.438. The van der Waals surface area contributed by atoms with Crippen molar-refractivity contribution in [1.29, 1.82) is 0 Å². The molecule has 0 saturated heterocycles. The van der Waals surface area contributed by atoms with Crippen LogP contribution in [0.1, 0.15) is 32.0 Å². The van der Waals surface area contributed by atoms with Crippen LogP contribution < -0.4 is 5.32 Å². The Bertz CT molecular complexity index is 915. The van der Waals surface area contributed by atoms with Crippen LogP contribution >= 0.6 is 0 Å². The molecule has 0 aliphatic rings. The van der Waals surface area contributed by atoms with E-state index < -0.39 is 5.97 Å². The maximum atomic E-state index is 12.4. The van der Waals surface area contributed by atoms with E-state index in [1.807, 2.05) is 48.0 Å². The average Bonchev–Trinajstić information content (AvgIpc) is 3.00. The largest absolute Gasteiger partial charge is 0.465 e. The number of hydrogen-bond donors (Lipinski definition) is 1. The summed E-state index contributed by atoms with van der Waals surface area (Å²) in [4.78, 5) is 23.8. The Kier molecular flexibility index (Phi) is 5.12. The third kappa shape index (κ3) is 3.97. The van der Waals surface area contributed by atoms with Crippen molar-refractivity contribution in [2.24, 2.45) is 0 Å². The molecule has 6 nitrogen and oxygen atoms in total. The van der Waals surface area contributed by atoms with Gasteiger partial charge in [0.15, 0.2) is 5.82 Å². The van der Waals surface area contributed by atoms with Gasteiger partial charge < -0.3 is 10.1 Å². The van der Waals surface area contributed by atoms with Crippen LogP contribution in [0.15, 0.2) is 60.7 Å². The Morgan fingerprint density at radius 2 is 1.69 bits per heavy atom. The first-order valence-electron chi connectivity index (χ1n) is 8.15. The molecular weight excluding hydrogens is 330 g/mol. The maximum Gasteiger partial charge on any atom is 0.337 e. The molecule has 2 aromatic carbocycles. The summed E-state index contributed by atoms with van der Waals surface area (Å²) in [5.74, 6) is -0.238. The minimum absolute atomic E-state index is 0.286. The van der Waals surface area contributed by atoms with E-state index in [1.165, 1.54) is 7.11 Å². The van der Waals surface area contributed by atoms with E-state index >= 15 is 0 Å². The van der Waals surface area contributed by atoms with Crippen LogP contribution in [0.2, 0.25) is 0 Å². The van der Waals surface area contributed by atoms with E-state index in [1.54, 1.807) is 24.3 Å². The van der Waals surface area contributed by atoms with Gasteiger partial charge in [-0.1, -0.05) is 30.3 Å². The highest BCUT2D eigenvalue weighted by molar-refractivity contribution is 6.04. The van der Waals surface area contributed by atoms with Gasteiger partial charge >= 0.3 is 5.97 Å². The summed E-state index contributed by atoms with van der Waals surface area (Å²) in [6.07, 6.45) is 0. The van der Waals surface area contributed by atoms with Crippen LogP contribution in [-0.4, -0.2) is 28.8 Å². The van der Waals surface area contributed by atoms with Gasteiger partial charge in [-0.3, -0.25) is 9.48 Å². The van der Waals surface area contributed by atoms with Crippen LogP contribution in [0.5, 0.6) is 0 Å². The molecule has 6 heteroatoms. The van der Waals surface area contributed by atoms with Gasteiger partial charge in [0.05, 0.1) is 19.2 Å². The summed E-state index contributed by atoms with van der Waals surface area (Å²) in [5.41, 5.74) is 2.92. The average molecular weight is 349 g/mol. The number of methoxy groups -OCH3 is 1. The summed E-state index contributed by atoms with van der Waals surface area (Å²) in [6, 6.07) is 18.1. The standard InChI is InChI=1S/C20H19N3O3/c1-14-12-18(22-23(14)13-15-6-4-3-5-7-15)21-19(24)16-8-10-17(11-9-16)20(25)26-2/h3-12H,13H2,1-2H3,(H,21,22,24). The maximum absolute atomic E-state index is 12.4. The number of nitrogens with one attached hydrogen (secondary N) is 1. The lowest BCUT2D eigenvalue weighted by molar-refractivity contribution is 0.0600. The predicted octanol–water partition coefficient (Wildman–Crippen LogP) is 3.28. The fourth-order valence-electron chi connectivity index (χ4n) is 2.55. The number of nitrogens with zero attached hydrogens (tertiary/aromatic N) is 2. The van der Waals surface area contributed by atoms with Crippen molar-refractivity contribution in [3.63, 3.8) is 0 Å². The molecule has 3 rings (SSSR count). The fraction of sp³-hybridized carbons (Fsp3) is 0.150. The molecular formula is C20H19N3O3. The lowest BCUT2D eigenvalue weighted by atomic mass is 10.1. The predicted molar refractivity (Wildman–Crippen MR) is 98.2 cm³/mol. The van der Waals surface area contributed by atoms with Crippen molar-refractivity contribution in [3.8, 4) is 0 Å². The van der Waals surface area contributed by atoms with Gasteiger partial charge in [0, 0.05) is 17.3 Å². The van der Waals surface area contributed by atoms with Gasteiger partial charge in [0.25, 0.3) is 5.91 Å². The number of hydrogen-bond acceptors (Lipinski definition) is 4. The van der Waals surface area contributed by atoms with Crippen LogP contribution in [0.25, 0.3) is 0 Å². The summed E-state index contributed by atoms with van der Waals surface area (Å²) in [6.45, 7) is 2.58. The van der Waals surface area contributed by atoms with Crippen molar-refractivity contribution in [2.45, 2.75) is 13.5 Å². The van der Waals surface area contributed by atoms with E-state index in [2.05, 4.69) is 15.2 Å². The zero-order valence-electron chi connectivity index (χ0n) is 14.6. The van der Waals surface area contributed by atoms with E-state index in [9.17, 15) is 9.59 Å². The molecule has 26 heavy (non-hydrogen) atoms. The minimum Gasteiger partial charge on any atom is -0.465 e. The molecule has 132 valence electrons. The second-order valence-corrected chi connectivity index (χ2v) is 5.84. The normalized spacial score (nSPS) is 10.4.